The number of amides is 1. The molecule has 0 unspecified atom stereocenters. The number of carbonyl (C=O) groups is 2. The lowest BCUT2D eigenvalue weighted by atomic mass is 10.1. The third-order valence-corrected chi connectivity index (χ3v) is 4.53. The van der Waals surface area contributed by atoms with E-state index in [0.29, 0.717) is 17.8 Å². The van der Waals surface area contributed by atoms with Gasteiger partial charge in [-0.1, -0.05) is 0 Å². The van der Waals surface area contributed by atoms with Crippen LogP contribution in [0.1, 0.15) is 16.1 Å². The summed E-state index contributed by atoms with van der Waals surface area (Å²) in [5.41, 5.74) is 0.867. The van der Waals surface area contributed by atoms with Gasteiger partial charge >= 0.3 is 5.97 Å². The molecule has 1 saturated heterocycles. The van der Waals surface area contributed by atoms with Crippen LogP contribution in [0.5, 0.6) is 0 Å². The number of aliphatic carboxylic acids is 1. The van der Waals surface area contributed by atoms with Crippen LogP contribution in [0.3, 0.4) is 0 Å². The van der Waals surface area contributed by atoms with E-state index in [-0.39, 0.29) is 12.5 Å². The van der Waals surface area contributed by atoms with E-state index < -0.39 is 11.9 Å². The van der Waals surface area contributed by atoms with E-state index in [1.165, 1.54) is 11.3 Å². The summed E-state index contributed by atoms with van der Waals surface area (Å²) in [4.78, 5) is 29.6. The molecule has 1 amide bonds. The first-order valence-corrected chi connectivity index (χ1v) is 7.33. The van der Waals surface area contributed by atoms with Gasteiger partial charge in [-0.05, 0) is 6.42 Å². The summed E-state index contributed by atoms with van der Waals surface area (Å²) >= 11 is 1.30. The molecule has 0 radical (unpaired) electrons. The predicted octanol–water partition coefficient (Wildman–Crippen LogP) is 1.09. The SMILES string of the molecule is Cn1cc(-c2ncc(C(=O)N3CC[C@H](C(=O)O)C3)s2)cn1. The number of likely N-dealkylation sites (tertiary alicyclic amines) is 1. The van der Waals surface area contributed by atoms with E-state index >= 15 is 0 Å². The van der Waals surface area contributed by atoms with Crippen molar-refractivity contribution in [2.24, 2.45) is 13.0 Å². The van der Waals surface area contributed by atoms with Crippen LogP contribution in [-0.2, 0) is 11.8 Å². The molecule has 7 nitrogen and oxygen atoms in total. The number of hydrogen-bond acceptors (Lipinski definition) is 5. The lowest BCUT2D eigenvalue weighted by molar-refractivity contribution is -0.141. The molecule has 3 rings (SSSR count). The van der Waals surface area contributed by atoms with Gasteiger partial charge in [0.1, 0.15) is 9.88 Å². The zero-order valence-electron chi connectivity index (χ0n) is 11.4. The van der Waals surface area contributed by atoms with Gasteiger partial charge in [-0.2, -0.15) is 5.10 Å². The lowest BCUT2D eigenvalue weighted by Gasteiger charge is -2.13. The van der Waals surface area contributed by atoms with Gasteiger partial charge in [0.05, 0.1) is 18.3 Å². The second-order valence-corrected chi connectivity index (χ2v) is 6.04. The van der Waals surface area contributed by atoms with Gasteiger partial charge in [0.2, 0.25) is 0 Å². The first-order valence-electron chi connectivity index (χ1n) is 6.51. The Balaban J connectivity index is 1.74. The number of aryl methyl sites for hydroxylation is 1. The summed E-state index contributed by atoms with van der Waals surface area (Å²) in [6.07, 6.45) is 5.59. The Labute approximate surface area is 124 Å². The number of hydrogen-bond donors (Lipinski definition) is 1. The standard InChI is InChI=1S/C13H14N4O3S/c1-16-6-9(4-15-16)11-14-5-10(21-11)12(18)17-3-2-8(7-17)13(19)20/h4-6,8H,2-3,7H2,1H3,(H,19,20)/t8-/m0/s1. The summed E-state index contributed by atoms with van der Waals surface area (Å²) in [5.74, 6) is -1.45. The van der Waals surface area contributed by atoms with Crippen molar-refractivity contribution in [2.45, 2.75) is 6.42 Å². The molecule has 1 aliphatic heterocycles. The van der Waals surface area contributed by atoms with Crippen LogP contribution in [0, 0.1) is 5.92 Å². The number of aromatic nitrogens is 3. The highest BCUT2D eigenvalue weighted by molar-refractivity contribution is 7.16. The van der Waals surface area contributed by atoms with E-state index in [2.05, 4.69) is 10.1 Å². The quantitative estimate of drug-likeness (QED) is 0.917. The van der Waals surface area contributed by atoms with Crippen molar-refractivity contribution in [2.75, 3.05) is 13.1 Å². The van der Waals surface area contributed by atoms with Crippen LogP contribution in [0.15, 0.2) is 18.6 Å². The Bertz CT molecular complexity index is 693. The molecule has 0 spiro atoms. The van der Waals surface area contributed by atoms with E-state index in [0.717, 1.165) is 10.6 Å². The van der Waals surface area contributed by atoms with Crippen molar-refractivity contribution < 1.29 is 14.7 Å². The fraction of sp³-hybridized carbons (Fsp3) is 0.385. The van der Waals surface area contributed by atoms with Gasteiger partial charge in [0, 0.05) is 31.9 Å². The average Bonchev–Trinajstić information content (AvgIpc) is 3.17. The van der Waals surface area contributed by atoms with Crippen molar-refractivity contribution in [3.05, 3.63) is 23.5 Å². The second-order valence-electron chi connectivity index (χ2n) is 5.01. The van der Waals surface area contributed by atoms with Crippen LogP contribution >= 0.6 is 11.3 Å². The molecule has 21 heavy (non-hydrogen) atoms. The first kappa shape index (κ1) is 13.7. The molecular formula is C13H14N4O3S. The smallest absolute Gasteiger partial charge is 0.308 e. The fourth-order valence-electron chi connectivity index (χ4n) is 2.34. The van der Waals surface area contributed by atoms with Gasteiger partial charge in [0.15, 0.2) is 0 Å². The normalized spacial score (nSPS) is 18.1. The minimum atomic E-state index is -0.842. The molecule has 8 heteroatoms. The number of carboxylic acid groups (broad SMARTS) is 1. The molecule has 2 aromatic rings. The predicted molar refractivity (Wildman–Crippen MR) is 76.0 cm³/mol. The largest absolute Gasteiger partial charge is 0.481 e. The lowest BCUT2D eigenvalue weighted by Crippen LogP contribution is -2.29. The summed E-state index contributed by atoms with van der Waals surface area (Å²) in [6.45, 7) is 0.754. The maximum absolute atomic E-state index is 12.3. The van der Waals surface area contributed by atoms with Crippen molar-refractivity contribution in [1.82, 2.24) is 19.7 Å². The molecule has 3 heterocycles. The summed E-state index contributed by atoms with van der Waals surface area (Å²) < 4.78 is 1.68. The third-order valence-electron chi connectivity index (χ3n) is 3.49. The molecular weight excluding hydrogens is 292 g/mol. The van der Waals surface area contributed by atoms with Gasteiger partial charge < -0.3 is 10.0 Å². The Morgan fingerprint density at radius 1 is 1.43 bits per heavy atom. The molecule has 1 N–H and O–H groups in total. The topological polar surface area (TPSA) is 88.3 Å². The van der Waals surface area contributed by atoms with Gasteiger partial charge in [0.25, 0.3) is 5.91 Å². The Kier molecular flexibility index (Phi) is 3.46. The van der Waals surface area contributed by atoms with Gasteiger partial charge in [-0.3, -0.25) is 14.3 Å². The molecule has 0 saturated carbocycles. The van der Waals surface area contributed by atoms with Gasteiger partial charge in [-0.15, -0.1) is 11.3 Å². The van der Waals surface area contributed by atoms with Crippen LogP contribution in [0.2, 0.25) is 0 Å². The second kappa shape index (κ2) is 5.28. The van der Waals surface area contributed by atoms with Crippen molar-refractivity contribution >= 4 is 23.2 Å². The molecule has 2 aromatic heterocycles. The van der Waals surface area contributed by atoms with Crippen LogP contribution in [-0.4, -0.2) is 49.7 Å². The van der Waals surface area contributed by atoms with Gasteiger partial charge in [-0.25, -0.2) is 4.98 Å². The third kappa shape index (κ3) is 2.66. The van der Waals surface area contributed by atoms with E-state index in [1.54, 1.807) is 22.0 Å². The number of rotatable bonds is 3. The van der Waals surface area contributed by atoms with Crippen molar-refractivity contribution in [3.8, 4) is 10.6 Å². The number of carbonyl (C=O) groups excluding carboxylic acids is 1. The maximum Gasteiger partial charge on any atom is 0.308 e. The number of nitrogens with zero attached hydrogens (tertiary/aromatic N) is 4. The van der Waals surface area contributed by atoms with E-state index in [4.69, 9.17) is 5.11 Å². The molecule has 0 bridgehead atoms. The van der Waals surface area contributed by atoms with Crippen molar-refractivity contribution in [3.63, 3.8) is 0 Å². The van der Waals surface area contributed by atoms with Crippen LogP contribution in [0.4, 0.5) is 0 Å². The zero-order chi connectivity index (χ0) is 15.0. The van der Waals surface area contributed by atoms with Crippen LogP contribution < -0.4 is 0 Å². The Morgan fingerprint density at radius 2 is 2.24 bits per heavy atom. The molecule has 1 aliphatic rings. The fourth-order valence-corrected chi connectivity index (χ4v) is 3.20. The minimum absolute atomic E-state index is 0.147. The molecule has 0 aliphatic carbocycles. The van der Waals surface area contributed by atoms with Crippen LogP contribution in [0.25, 0.3) is 10.6 Å². The number of thiazole rings is 1. The zero-order valence-corrected chi connectivity index (χ0v) is 12.2. The van der Waals surface area contributed by atoms with E-state index in [1.807, 2.05) is 13.2 Å². The van der Waals surface area contributed by atoms with E-state index in [9.17, 15) is 9.59 Å². The van der Waals surface area contributed by atoms with Crippen molar-refractivity contribution in [1.29, 1.82) is 0 Å². The molecule has 110 valence electrons. The summed E-state index contributed by atoms with van der Waals surface area (Å²) in [6, 6.07) is 0. The Hall–Kier alpha value is -2.22. The monoisotopic (exact) mass is 306 g/mol. The highest BCUT2D eigenvalue weighted by Gasteiger charge is 2.32. The summed E-state index contributed by atoms with van der Waals surface area (Å²) in [5, 5.41) is 13.8. The average molecular weight is 306 g/mol. The first-order chi connectivity index (χ1) is 10.0. The minimum Gasteiger partial charge on any atom is -0.481 e. The highest BCUT2D eigenvalue weighted by Crippen LogP contribution is 2.27. The molecule has 1 fully saturated rings. The Morgan fingerprint density at radius 3 is 2.86 bits per heavy atom. The number of carboxylic acids is 1. The molecule has 0 aromatic carbocycles. The highest BCUT2D eigenvalue weighted by atomic mass is 32.1. The summed E-state index contributed by atoms with van der Waals surface area (Å²) in [7, 11) is 1.82. The maximum atomic E-state index is 12.3. The molecule has 1 atom stereocenters.